The van der Waals surface area contributed by atoms with Gasteiger partial charge in [0.25, 0.3) is 0 Å². The molecule has 3 fully saturated rings. The lowest BCUT2D eigenvalue weighted by Crippen LogP contribution is -2.89. The first kappa shape index (κ1) is 40.5. The summed E-state index contributed by atoms with van der Waals surface area (Å²) < 4.78 is 47.8. The maximum absolute atomic E-state index is 14.1. The minimum atomic E-state index is -2.77. The van der Waals surface area contributed by atoms with Gasteiger partial charge in [0.05, 0.1) is 17.4 Å². The van der Waals surface area contributed by atoms with Crippen LogP contribution in [0, 0.1) is 17.3 Å². The minimum Gasteiger partial charge on any atom is -0.465 e. The van der Waals surface area contributed by atoms with Gasteiger partial charge in [-0.3, -0.25) is 33.8 Å². The van der Waals surface area contributed by atoms with Gasteiger partial charge in [0.2, 0.25) is 0 Å². The molecule has 13 atom stereocenters. The Morgan fingerprint density at radius 3 is 2.00 bits per heavy atom. The number of nitrogens with zero attached hydrogens (tertiary/aromatic N) is 1. The van der Waals surface area contributed by atoms with Crippen molar-refractivity contribution in [1.82, 2.24) is 4.98 Å². The summed E-state index contributed by atoms with van der Waals surface area (Å²) in [6.07, 6.45) is -9.35. The molecule has 4 aliphatic rings. The van der Waals surface area contributed by atoms with Crippen LogP contribution in [0.1, 0.15) is 84.2 Å². The molecule has 2 N–H and O–H groups in total. The second kappa shape index (κ2) is 14.2. The van der Waals surface area contributed by atoms with E-state index in [2.05, 4.69) is 4.98 Å². The first-order valence-electron chi connectivity index (χ1n) is 17.3. The predicted octanol–water partition coefficient (Wildman–Crippen LogP) is 0.463. The molecule has 1 aromatic heterocycles. The number of hydrogen-bond donors (Lipinski definition) is 2. The predicted molar refractivity (Wildman–Crippen MR) is 176 cm³/mol. The summed E-state index contributed by atoms with van der Waals surface area (Å²) in [6.45, 7) is 8.85. The number of hydrogen-bond acceptors (Lipinski definition) is 18. The fourth-order valence-electron chi connectivity index (χ4n) is 9.02. The number of ether oxygens (including phenoxy) is 8. The SMILES string of the molecule is CC(=O)OC[C@]12[C@H](OC(C)=O)[C@H](OC(C)=O)[C@@H]3[C@H](OC(C)=O)[C@@]14O[C@@]3(C)COC(=O)c1cnccc1[C@H](C)[C@H](C)C(=O)O[C@@H]([C@H](O)[C@@H]2OC(C)=O)[C@]4(C)O. The zero-order valence-electron chi connectivity index (χ0n) is 31.3. The highest BCUT2D eigenvalue weighted by Crippen LogP contribution is 2.70. The highest BCUT2D eigenvalue weighted by molar-refractivity contribution is 5.91. The second-order valence-corrected chi connectivity index (χ2v) is 14.8. The van der Waals surface area contributed by atoms with Gasteiger partial charge < -0.3 is 48.1 Å². The Hall–Kier alpha value is -4.68. The summed E-state index contributed by atoms with van der Waals surface area (Å²) in [5.74, 6) is -10.3. The maximum atomic E-state index is 14.1. The Balaban J connectivity index is 1.96. The van der Waals surface area contributed by atoms with Crippen LogP contribution in [0.15, 0.2) is 18.5 Å². The number of fused-ring (bicyclic) bond motifs is 5. The number of carbonyl (C=O) groups excluding carboxylic acids is 7. The average Bonchev–Trinajstić information content (AvgIpc) is 3.29. The van der Waals surface area contributed by atoms with E-state index in [0.717, 1.165) is 41.5 Å². The average molecular weight is 764 g/mol. The van der Waals surface area contributed by atoms with E-state index in [1.165, 1.54) is 32.3 Å². The molecule has 2 saturated carbocycles. The van der Waals surface area contributed by atoms with Gasteiger partial charge in [-0.05, 0) is 31.4 Å². The first-order chi connectivity index (χ1) is 25.1. The molecule has 2 aliphatic heterocycles. The van der Waals surface area contributed by atoms with Crippen LogP contribution in [0.3, 0.4) is 0 Å². The highest BCUT2D eigenvalue weighted by Gasteiger charge is 2.91. The van der Waals surface area contributed by atoms with Crippen LogP contribution in [0.2, 0.25) is 0 Å². The van der Waals surface area contributed by atoms with Gasteiger partial charge >= 0.3 is 41.8 Å². The molecule has 1 aromatic rings. The molecule has 2 aliphatic carbocycles. The lowest BCUT2D eigenvalue weighted by Gasteiger charge is -2.67. The molecule has 1 saturated heterocycles. The largest absolute Gasteiger partial charge is 0.465 e. The molecule has 54 heavy (non-hydrogen) atoms. The summed E-state index contributed by atoms with van der Waals surface area (Å²) in [5, 5.41) is 25.4. The number of rotatable bonds is 6. The van der Waals surface area contributed by atoms with Gasteiger partial charge in [-0.1, -0.05) is 13.8 Å². The number of carbonyl (C=O) groups is 7. The monoisotopic (exact) mass is 763 g/mol. The van der Waals surface area contributed by atoms with Crippen molar-refractivity contribution in [3.05, 3.63) is 29.6 Å². The molecular formula is C36H45NO17. The second-order valence-electron chi connectivity index (χ2n) is 14.8. The number of pyridine rings is 1. The van der Waals surface area contributed by atoms with Crippen LogP contribution >= 0.6 is 0 Å². The van der Waals surface area contributed by atoms with Gasteiger partial charge in [-0.15, -0.1) is 0 Å². The molecule has 18 nitrogen and oxygen atoms in total. The van der Waals surface area contributed by atoms with E-state index in [4.69, 9.17) is 37.9 Å². The van der Waals surface area contributed by atoms with E-state index < -0.39 is 132 Å². The molecule has 296 valence electrons. The molecule has 0 amide bonds. The van der Waals surface area contributed by atoms with Crippen LogP contribution in [0.25, 0.3) is 0 Å². The molecule has 4 bridgehead atoms. The fourth-order valence-corrected chi connectivity index (χ4v) is 9.02. The van der Waals surface area contributed by atoms with E-state index in [0.29, 0.717) is 5.56 Å². The maximum Gasteiger partial charge on any atom is 0.340 e. The number of esters is 7. The van der Waals surface area contributed by atoms with Crippen LogP contribution in [-0.2, 0) is 66.7 Å². The Morgan fingerprint density at radius 1 is 0.852 bits per heavy atom. The van der Waals surface area contributed by atoms with Gasteiger partial charge in [0, 0.05) is 47.0 Å². The Kier molecular flexibility index (Phi) is 10.6. The quantitative estimate of drug-likeness (QED) is 0.295. The van der Waals surface area contributed by atoms with Crippen molar-refractivity contribution in [3.8, 4) is 0 Å². The van der Waals surface area contributed by atoms with Crippen LogP contribution in [-0.4, -0.2) is 124 Å². The lowest BCUT2D eigenvalue weighted by molar-refractivity contribution is -0.386. The number of aromatic nitrogens is 1. The molecule has 0 aromatic carbocycles. The van der Waals surface area contributed by atoms with Crippen molar-refractivity contribution in [2.45, 2.75) is 122 Å². The third kappa shape index (κ3) is 6.17. The van der Waals surface area contributed by atoms with Crippen molar-refractivity contribution in [3.63, 3.8) is 0 Å². The van der Waals surface area contributed by atoms with E-state index >= 15 is 0 Å². The zero-order valence-corrected chi connectivity index (χ0v) is 31.3. The third-order valence-corrected chi connectivity index (χ3v) is 11.2. The van der Waals surface area contributed by atoms with Gasteiger partial charge in [-0.25, -0.2) is 4.79 Å². The van der Waals surface area contributed by atoms with Gasteiger partial charge in [-0.2, -0.15) is 0 Å². The van der Waals surface area contributed by atoms with Gasteiger partial charge in [0.1, 0.15) is 54.2 Å². The normalized spacial score (nSPS) is 39.8. The summed E-state index contributed by atoms with van der Waals surface area (Å²) >= 11 is 0. The van der Waals surface area contributed by atoms with Crippen molar-refractivity contribution >= 4 is 41.8 Å². The molecule has 1 spiro atoms. The Bertz CT molecular complexity index is 1740. The molecule has 5 rings (SSSR count). The lowest BCUT2D eigenvalue weighted by atomic mass is 9.45. The molecular weight excluding hydrogens is 718 g/mol. The van der Waals surface area contributed by atoms with Gasteiger partial charge in [0.15, 0.2) is 17.8 Å². The van der Waals surface area contributed by atoms with E-state index in [1.54, 1.807) is 6.92 Å². The minimum absolute atomic E-state index is 0.0262. The molecule has 0 radical (unpaired) electrons. The molecule has 18 heteroatoms. The fraction of sp³-hybridized carbons (Fsp3) is 0.667. The van der Waals surface area contributed by atoms with Crippen LogP contribution in [0.4, 0.5) is 0 Å². The standard InChI is InChI=1S/C36H45NO17/c1-15-16(2)31(44)53-28-25(43)29(51-20(6)41)35(14-47-17(3)38)30(52-21(7)42)26(49-18(4)39)24-27(50-19(5)40)36(35,34(28,9)46)54-33(24,8)13-48-32(45)23-12-37-11-10-22(15)23/h10-12,15-16,24-30,43,46H,13-14H2,1-9H3/t15-,16+,24-,25+,26-,27+,28+,29+,30-,33+,34+,35+,36+/m1/s1. The topological polar surface area (TPSA) is 247 Å². The summed E-state index contributed by atoms with van der Waals surface area (Å²) in [7, 11) is 0. The van der Waals surface area contributed by atoms with Crippen molar-refractivity contribution in [2.24, 2.45) is 17.3 Å². The summed E-state index contributed by atoms with van der Waals surface area (Å²) in [5.41, 5.74) is -9.71. The zero-order chi connectivity index (χ0) is 40.3. The summed E-state index contributed by atoms with van der Waals surface area (Å²) in [4.78, 5) is 96.7. The highest BCUT2D eigenvalue weighted by atomic mass is 16.7. The third-order valence-electron chi connectivity index (χ3n) is 11.2. The van der Waals surface area contributed by atoms with E-state index in [9.17, 15) is 43.8 Å². The van der Waals surface area contributed by atoms with Crippen molar-refractivity contribution < 1.29 is 81.7 Å². The molecule has 0 unspecified atom stereocenters. The molecule has 3 heterocycles. The number of aliphatic hydroxyl groups excluding tert-OH is 1. The number of cyclic esters (lactones) is 1. The Morgan fingerprint density at radius 2 is 1.43 bits per heavy atom. The number of aliphatic hydroxyl groups is 2. The smallest absolute Gasteiger partial charge is 0.340 e. The summed E-state index contributed by atoms with van der Waals surface area (Å²) in [6, 6.07) is 1.51. The van der Waals surface area contributed by atoms with Crippen LogP contribution in [0.5, 0.6) is 0 Å². The van der Waals surface area contributed by atoms with Crippen molar-refractivity contribution in [2.75, 3.05) is 13.2 Å². The van der Waals surface area contributed by atoms with Crippen molar-refractivity contribution in [1.29, 1.82) is 0 Å². The van der Waals surface area contributed by atoms with E-state index in [-0.39, 0.29) is 5.56 Å². The Labute approximate surface area is 310 Å². The van der Waals surface area contributed by atoms with Crippen LogP contribution < -0.4 is 0 Å². The van der Waals surface area contributed by atoms with E-state index in [1.807, 2.05) is 0 Å². The first-order valence-corrected chi connectivity index (χ1v) is 17.3.